The monoisotopic (exact) mass is 744 g/mol. The Hall–Kier alpha value is -4.49. The van der Waals surface area contributed by atoms with E-state index >= 15 is 9.18 Å². The van der Waals surface area contributed by atoms with Crippen LogP contribution in [-0.2, 0) is 30.8 Å². The molecule has 7 rings (SSSR count). The van der Waals surface area contributed by atoms with Gasteiger partial charge in [0.25, 0.3) is 11.8 Å². The van der Waals surface area contributed by atoms with Gasteiger partial charge in [-0.05, 0) is 69.4 Å². The van der Waals surface area contributed by atoms with Crippen LogP contribution in [0.15, 0.2) is 66.4 Å². The molecule has 2 aromatic carbocycles. The number of alkyl halides is 3. The molecule has 51 heavy (non-hydrogen) atoms. The number of hydrogen-bond donors (Lipinski definition) is 2. The number of fused-ring (bicyclic) bond motifs is 4. The minimum Gasteiger partial charge on any atom is -0.505 e. The molecule has 4 aliphatic rings. The molecule has 15 heteroatoms. The summed E-state index contributed by atoms with van der Waals surface area (Å²) in [6.45, 7) is 5.20. The fourth-order valence-corrected chi connectivity index (χ4v) is 8.89. The van der Waals surface area contributed by atoms with Crippen molar-refractivity contribution in [3.8, 4) is 5.75 Å². The number of aromatic hydroxyl groups is 1. The number of amides is 4. The summed E-state index contributed by atoms with van der Waals surface area (Å²) in [6.07, 6.45) is -2.54. The number of hydrazine groups is 1. The first-order valence-electron chi connectivity index (χ1n) is 16.1. The molecule has 2 N–H and O–H groups in total. The molecule has 1 saturated carbocycles. The maximum Gasteiger partial charge on any atom is 0.417 e. The first-order chi connectivity index (χ1) is 23.9. The summed E-state index contributed by atoms with van der Waals surface area (Å²) in [5.41, 5.74) is -0.703. The summed E-state index contributed by atoms with van der Waals surface area (Å²) in [7, 11) is 0. The second-order valence-electron chi connectivity index (χ2n) is 14.3. The molecular formula is C36H30Cl2F4N4O5. The van der Waals surface area contributed by atoms with Crippen LogP contribution in [0, 0.1) is 29.5 Å². The summed E-state index contributed by atoms with van der Waals surface area (Å²) in [5, 5.41) is 11.7. The van der Waals surface area contributed by atoms with Gasteiger partial charge >= 0.3 is 6.18 Å². The van der Waals surface area contributed by atoms with E-state index in [2.05, 4.69) is 10.4 Å². The van der Waals surface area contributed by atoms with Gasteiger partial charge in [-0.3, -0.25) is 29.5 Å². The minimum atomic E-state index is -4.77. The van der Waals surface area contributed by atoms with Gasteiger partial charge in [0.15, 0.2) is 17.4 Å². The lowest BCUT2D eigenvalue weighted by Gasteiger charge is -2.50. The molecule has 3 heterocycles. The van der Waals surface area contributed by atoms with Crippen LogP contribution in [0.1, 0.15) is 56.2 Å². The Labute approximate surface area is 299 Å². The van der Waals surface area contributed by atoms with Gasteiger partial charge in [0.2, 0.25) is 11.8 Å². The number of allylic oxidation sites excluding steroid dienone is 2. The number of hydrogen-bond acceptors (Lipinski definition) is 7. The van der Waals surface area contributed by atoms with Gasteiger partial charge in [-0.2, -0.15) is 18.2 Å². The maximum absolute atomic E-state index is 15.2. The van der Waals surface area contributed by atoms with Crippen LogP contribution in [0.4, 0.5) is 23.4 Å². The summed E-state index contributed by atoms with van der Waals surface area (Å²) >= 11 is 12.4. The van der Waals surface area contributed by atoms with E-state index in [-0.39, 0.29) is 29.9 Å². The first-order valence-corrected chi connectivity index (χ1v) is 16.8. The number of carbonyl (C=O) groups is 4. The van der Waals surface area contributed by atoms with Crippen molar-refractivity contribution in [2.45, 2.75) is 56.7 Å². The zero-order valence-electron chi connectivity index (χ0n) is 27.3. The van der Waals surface area contributed by atoms with Crippen LogP contribution in [0.25, 0.3) is 0 Å². The highest BCUT2D eigenvalue weighted by Crippen LogP contribution is 2.65. The maximum atomic E-state index is 15.2. The Morgan fingerprint density at radius 2 is 1.65 bits per heavy atom. The highest BCUT2D eigenvalue weighted by molar-refractivity contribution is 6.33. The van der Waals surface area contributed by atoms with Gasteiger partial charge in [-0.15, -0.1) is 0 Å². The fourth-order valence-electron chi connectivity index (χ4n) is 8.55. The second-order valence-corrected chi connectivity index (χ2v) is 15.1. The number of nitrogens with one attached hydrogen (secondary N) is 1. The number of likely N-dealkylation sites (tertiary alicyclic amines) is 1. The average molecular weight is 746 g/mol. The molecule has 2 aliphatic heterocycles. The lowest BCUT2D eigenvalue weighted by atomic mass is 9.49. The van der Waals surface area contributed by atoms with E-state index in [0.717, 1.165) is 6.07 Å². The lowest BCUT2D eigenvalue weighted by Crippen LogP contribution is -2.53. The van der Waals surface area contributed by atoms with E-state index in [1.807, 2.05) is 0 Å². The molecule has 9 nitrogen and oxygen atoms in total. The van der Waals surface area contributed by atoms with Crippen LogP contribution < -0.4 is 5.43 Å². The highest BCUT2D eigenvalue weighted by Gasteiger charge is 2.71. The third-order valence-corrected chi connectivity index (χ3v) is 11.1. The first kappa shape index (κ1) is 34.9. The fraction of sp³-hybridized carbons (Fsp3) is 0.361. The number of aromatic nitrogens is 1. The van der Waals surface area contributed by atoms with Crippen molar-refractivity contribution >= 4 is 52.6 Å². The van der Waals surface area contributed by atoms with Gasteiger partial charge in [-0.25, -0.2) is 9.37 Å². The smallest absolute Gasteiger partial charge is 0.417 e. The molecule has 0 bridgehead atoms. The Balaban J connectivity index is 1.45. The van der Waals surface area contributed by atoms with E-state index in [0.29, 0.717) is 27.9 Å². The SMILES string of the molecule is CC(C)(C)N1C(=O)C2CC=C3C(CC4C(=O)N(Nc5ncc(C(F)(F)F)cc5Cl)C(=O)C4(c4ccc(Cl)cc4)C3c3cccc(F)c3O)C2C1=O. The van der Waals surface area contributed by atoms with Gasteiger partial charge in [0.1, 0.15) is 0 Å². The molecule has 6 unspecified atom stereocenters. The topological polar surface area (TPSA) is 120 Å². The number of nitrogens with zero attached hydrogens (tertiary/aromatic N) is 3. The second kappa shape index (κ2) is 11.8. The number of halogens is 6. The number of rotatable bonds is 4. The zero-order chi connectivity index (χ0) is 36.9. The summed E-state index contributed by atoms with van der Waals surface area (Å²) in [4.78, 5) is 62.6. The van der Waals surface area contributed by atoms with Gasteiger partial charge in [0.05, 0.1) is 33.8 Å². The third-order valence-electron chi connectivity index (χ3n) is 10.6. The molecular weight excluding hydrogens is 715 g/mol. The van der Waals surface area contributed by atoms with Crippen molar-refractivity contribution in [3.63, 3.8) is 0 Å². The molecule has 2 aliphatic carbocycles. The number of imide groups is 2. The Kier molecular flexibility index (Phi) is 8.07. The molecule has 1 aromatic heterocycles. The van der Waals surface area contributed by atoms with Crippen molar-refractivity contribution in [2.75, 3.05) is 5.43 Å². The summed E-state index contributed by atoms with van der Waals surface area (Å²) in [5.74, 6) is -9.76. The number of pyridine rings is 1. The lowest BCUT2D eigenvalue weighted by molar-refractivity contribution is -0.146. The van der Waals surface area contributed by atoms with E-state index in [1.165, 1.54) is 41.3 Å². The molecule has 2 saturated heterocycles. The van der Waals surface area contributed by atoms with Crippen molar-refractivity contribution in [1.82, 2.24) is 14.9 Å². The van der Waals surface area contributed by atoms with Crippen LogP contribution in [-0.4, -0.2) is 49.2 Å². The zero-order valence-corrected chi connectivity index (χ0v) is 28.8. The van der Waals surface area contributed by atoms with E-state index in [4.69, 9.17) is 23.2 Å². The van der Waals surface area contributed by atoms with Crippen molar-refractivity contribution in [2.24, 2.45) is 23.7 Å². The van der Waals surface area contributed by atoms with Gasteiger partial charge in [0, 0.05) is 28.2 Å². The number of para-hydroxylation sites is 1. The van der Waals surface area contributed by atoms with Crippen LogP contribution >= 0.6 is 23.2 Å². The molecule has 3 fully saturated rings. The third kappa shape index (κ3) is 5.14. The highest BCUT2D eigenvalue weighted by atomic mass is 35.5. The molecule has 4 amide bonds. The van der Waals surface area contributed by atoms with Crippen molar-refractivity contribution in [3.05, 3.63) is 98.9 Å². The Morgan fingerprint density at radius 1 is 0.961 bits per heavy atom. The van der Waals surface area contributed by atoms with E-state index < -0.39 is 92.4 Å². The van der Waals surface area contributed by atoms with Gasteiger partial charge < -0.3 is 5.11 Å². The van der Waals surface area contributed by atoms with Crippen LogP contribution in [0.2, 0.25) is 10.0 Å². The quantitative estimate of drug-likeness (QED) is 0.167. The average Bonchev–Trinajstić information content (AvgIpc) is 3.44. The largest absolute Gasteiger partial charge is 0.505 e. The predicted octanol–water partition coefficient (Wildman–Crippen LogP) is 7.04. The molecule has 3 aromatic rings. The van der Waals surface area contributed by atoms with E-state index in [9.17, 15) is 32.7 Å². The number of phenolic OH excluding ortho intramolecular Hbond substituents is 1. The standard InChI is InChI=1S/C36H30Cl2F4N4O5/c1-34(2,3)45-30(48)20-12-11-19-22(26(20)32(45)50)14-23-31(49)46(44-29-24(38)13-17(15-43-29)36(40,41)42)33(51)35(23,16-7-9-18(37)10-8-16)27(19)21-5-4-6-25(39)28(21)47/h4-11,13,15,20,22-23,26-27,47H,12,14H2,1-3H3,(H,43,44). The van der Waals surface area contributed by atoms with Gasteiger partial charge in [-0.1, -0.05) is 59.1 Å². The van der Waals surface area contributed by atoms with Crippen molar-refractivity contribution < 1.29 is 41.8 Å². The Morgan fingerprint density at radius 3 is 2.27 bits per heavy atom. The predicted molar refractivity (Wildman–Crippen MR) is 177 cm³/mol. The number of carbonyl (C=O) groups excluding carboxylic acids is 4. The molecule has 266 valence electrons. The Bertz CT molecular complexity index is 2050. The van der Waals surface area contributed by atoms with E-state index in [1.54, 1.807) is 26.8 Å². The molecule has 0 spiro atoms. The molecule has 0 radical (unpaired) electrons. The summed E-state index contributed by atoms with van der Waals surface area (Å²) in [6, 6.07) is 10.5. The van der Waals surface area contributed by atoms with Crippen LogP contribution in [0.5, 0.6) is 5.75 Å². The van der Waals surface area contributed by atoms with Crippen molar-refractivity contribution in [1.29, 1.82) is 0 Å². The summed E-state index contributed by atoms with van der Waals surface area (Å²) < 4.78 is 55.4. The van der Waals surface area contributed by atoms with Crippen LogP contribution in [0.3, 0.4) is 0 Å². The molecule has 6 atom stereocenters. The number of benzene rings is 2. The number of phenols is 1. The minimum absolute atomic E-state index is 0.0394. The normalized spacial score (nSPS) is 27.7. The number of anilines is 1.